The minimum absolute atomic E-state index is 0.843. The molecule has 0 aromatic rings. The van der Waals surface area contributed by atoms with Gasteiger partial charge in [-0.3, -0.25) is 0 Å². The van der Waals surface area contributed by atoms with Gasteiger partial charge in [0.05, 0.1) is 0 Å². The van der Waals surface area contributed by atoms with Gasteiger partial charge in [-0.15, -0.1) is 0 Å². The second kappa shape index (κ2) is 5.55. The largest absolute Gasteiger partial charge is 0.330 e. The molecular weight excluding hydrogens is 148 g/mol. The van der Waals surface area contributed by atoms with Crippen molar-refractivity contribution in [2.75, 3.05) is 19.6 Å². The van der Waals surface area contributed by atoms with E-state index in [-0.39, 0.29) is 0 Å². The third kappa shape index (κ3) is 3.55. The van der Waals surface area contributed by atoms with E-state index in [4.69, 9.17) is 5.73 Å². The standard InChI is InChI=1S/C10H22N2/c1-2-3-8-12(9-4-7-11)10-5-6-10/h10H,2-9,11H2,1H3. The van der Waals surface area contributed by atoms with Gasteiger partial charge >= 0.3 is 0 Å². The summed E-state index contributed by atoms with van der Waals surface area (Å²) >= 11 is 0. The summed E-state index contributed by atoms with van der Waals surface area (Å²) in [4.78, 5) is 2.62. The van der Waals surface area contributed by atoms with Gasteiger partial charge in [0.15, 0.2) is 0 Å². The maximum atomic E-state index is 5.50. The highest BCUT2D eigenvalue weighted by Gasteiger charge is 2.27. The Morgan fingerprint density at radius 1 is 1.25 bits per heavy atom. The number of nitrogens with zero attached hydrogens (tertiary/aromatic N) is 1. The lowest BCUT2D eigenvalue weighted by Crippen LogP contribution is -2.29. The van der Waals surface area contributed by atoms with Crippen LogP contribution in [0.3, 0.4) is 0 Å². The van der Waals surface area contributed by atoms with Crippen LogP contribution in [-0.4, -0.2) is 30.6 Å². The molecule has 72 valence electrons. The van der Waals surface area contributed by atoms with Crippen molar-refractivity contribution in [3.63, 3.8) is 0 Å². The fraction of sp³-hybridized carbons (Fsp3) is 1.00. The van der Waals surface area contributed by atoms with Crippen molar-refractivity contribution in [2.24, 2.45) is 5.73 Å². The van der Waals surface area contributed by atoms with Crippen molar-refractivity contribution in [1.29, 1.82) is 0 Å². The summed E-state index contributed by atoms with van der Waals surface area (Å²) in [6.45, 7) is 5.62. The van der Waals surface area contributed by atoms with Crippen LogP contribution in [0.4, 0.5) is 0 Å². The minimum Gasteiger partial charge on any atom is -0.330 e. The molecule has 1 aliphatic carbocycles. The Kier molecular flexibility index (Phi) is 4.62. The zero-order valence-electron chi connectivity index (χ0n) is 8.26. The maximum absolute atomic E-state index is 5.50. The third-order valence-electron chi connectivity index (χ3n) is 2.51. The van der Waals surface area contributed by atoms with Gasteiger partial charge in [0.25, 0.3) is 0 Å². The van der Waals surface area contributed by atoms with Crippen molar-refractivity contribution in [1.82, 2.24) is 4.90 Å². The summed E-state index contributed by atoms with van der Waals surface area (Å²) in [6.07, 6.45) is 6.68. The predicted molar refractivity (Wildman–Crippen MR) is 53.2 cm³/mol. The predicted octanol–water partition coefficient (Wildman–Crippen LogP) is 1.60. The molecule has 0 amide bonds. The first-order chi connectivity index (χ1) is 5.88. The fourth-order valence-corrected chi connectivity index (χ4v) is 1.57. The summed E-state index contributed by atoms with van der Waals surface area (Å²) in [7, 11) is 0. The summed E-state index contributed by atoms with van der Waals surface area (Å²) < 4.78 is 0. The molecule has 1 rings (SSSR count). The van der Waals surface area contributed by atoms with Crippen LogP contribution < -0.4 is 5.73 Å². The molecule has 0 unspecified atom stereocenters. The average Bonchev–Trinajstić information content (AvgIpc) is 2.88. The first-order valence-corrected chi connectivity index (χ1v) is 5.32. The molecule has 0 aliphatic heterocycles. The van der Waals surface area contributed by atoms with Gasteiger partial charge in [-0.2, -0.15) is 0 Å². The number of hydrogen-bond donors (Lipinski definition) is 1. The number of rotatable bonds is 7. The molecule has 1 aliphatic rings. The fourth-order valence-electron chi connectivity index (χ4n) is 1.57. The molecule has 0 heterocycles. The van der Waals surface area contributed by atoms with Crippen molar-refractivity contribution in [3.05, 3.63) is 0 Å². The molecule has 0 atom stereocenters. The Morgan fingerprint density at radius 3 is 2.42 bits per heavy atom. The lowest BCUT2D eigenvalue weighted by atomic mass is 10.3. The highest BCUT2D eigenvalue weighted by atomic mass is 15.2. The Hall–Kier alpha value is -0.0800. The summed E-state index contributed by atoms with van der Waals surface area (Å²) in [5.74, 6) is 0. The Labute approximate surface area is 76.1 Å². The van der Waals surface area contributed by atoms with E-state index in [0.717, 1.165) is 12.6 Å². The maximum Gasteiger partial charge on any atom is 0.00964 e. The lowest BCUT2D eigenvalue weighted by Gasteiger charge is -2.20. The van der Waals surface area contributed by atoms with E-state index in [9.17, 15) is 0 Å². The molecule has 0 aromatic heterocycles. The molecule has 2 N–H and O–H groups in total. The highest BCUT2D eigenvalue weighted by molar-refractivity contribution is 4.84. The van der Waals surface area contributed by atoms with E-state index in [2.05, 4.69) is 11.8 Å². The van der Waals surface area contributed by atoms with Crippen molar-refractivity contribution in [2.45, 2.75) is 45.1 Å². The van der Waals surface area contributed by atoms with Crippen LogP contribution in [0.25, 0.3) is 0 Å². The number of nitrogens with two attached hydrogens (primary N) is 1. The van der Waals surface area contributed by atoms with E-state index in [1.165, 1.54) is 45.2 Å². The molecule has 0 saturated heterocycles. The topological polar surface area (TPSA) is 29.3 Å². The number of unbranched alkanes of at least 4 members (excludes halogenated alkanes) is 1. The quantitative estimate of drug-likeness (QED) is 0.629. The highest BCUT2D eigenvalue weighted by Crippen LogP contribution is 2.26. The first kappa shape index (κ1) is 10.0. The average molecular weight is 170 g/mol. The lowest BCUT2D eigenvalue weighted by molar-refractivity contribution is 0.257. The summed E-state index contributed by atoms with van der Waals surface area (Å²) in [6, 6.07) is 0.920. The normalized spacial score (nSPS) is 17.2. The van der Waals surface area contributed by atoms with Crippen LogP contribution in [0.5, 0.6) is 0 Å². The minimum atomic E-state index is 0.843. The molecule has 2 nitrogen and oxygen atoms in total. The van der Waals surface area contributed by atoms with Gasteiger partial charge in [-0.1, -0.05) is 13.3 Å². The molecule has 0 radical (unpaired) electrons. The van der Waals surface area contributed by atoms with Gasteiger partial charge in [0, 0.05) is 6.04 Å². The van der Waals surface area contributed by atoms with E-state index in [0.29, 0.717) is 0 Å². The van der Waals surface area contributed by atoms with Crippen LogP contribution in [-0.2, 0) is 0 Å². The van der Waals surface area contributed by atoms with Gasteiger partial charge in [-0.25, -0.2) is 0 Å². The zero-order chi connectivity index (χ0) is 8.81. The van der Waals surface area contributed by atoms with Crippen LogP contribution in [0, 0.1) is 0 Å². The van der Waals surface area contributed by atoms with Gasteiger partial charge < -0.3 is 10.6 Å². The second-order valence-corrected chi connectivity index (χ2v) is 3.76. The Morgan fingerprint density at radius 2 is 1.92 bits per heavy atom. The smallest absolute Gasteiger partial charge is 0.00964 e. The van der Waals surface area contributed by atoms with Crippen molar-refractivity contribution in [3.8, 4) is 0 Å². The second-order valence-electron chi connectivity index (χ2n) is 3.76. The first-order valence-electron chi connectivity index (χ1n) is 5.32. The number of hydrogen-bond acceptors (Lipinski definition) is 2. The molecule has 1 fully saturated rings. The Bertz CT molecular complexity index is 102. The van der Waals surface area contributed by atoms with Crippen molar-refractivity contribution >= 4 is 0 Å². The third-order valence-corrected chi connectivity index (χ3v) is 2.51. The zero-order valence-corrected chi connectivity index (χ0v) is 8.26. The molecule has 0 bridgehead atoms. The van der Waals surface area contributed by atoms with Gasteiger partial charge in [0.1, 0.15) is 0 Å². The monoisotopic (exact) mass is 170 g/mol. The molecular formula is C10H22N2. The van der Waals surface area contributed by atoms with E-state index >= 15 is 0 Å². The van der Waals surface area contributed by atoms with Gasteiger partial charge in [-0.05, 0) is 45.3 Å². The van der Waals surface area contributed by atoms with Crippen molar-refractivity contribution < 1.29 is 0 Å². The molecule has 12 heavy (non-hydrogen) atoms. The summed E-state index contributed by atoms with van der Waals surface area (Å²) in [5.41, 5.74) is 5.50. The SMILES string of the molecule is CCCCN(CCCN)C1CC1. The molecule has 0 spiro atoms. The van der Waals surface area contributed by atoms with E-state index in [1.54, 1.807) is 0 Å². The molecule has 1 saturated carbocycles. The van der Waals surface area contributed by atoms with Crippen LogP contribution >= 0.6 is 0 Å². The molecule has 0 aromatic carbocycles. The molecule has 2 heteroatoms. The van der Waals surface area contributed by atoms with Crippen LogP contribution in [0.15, 0.2) is 0 Å². The van der Waals surface area contributed by atoms with E-state index in [1.807, 2.05) is 0 Å². The van der Waals surface area contributed by atoms with Crippen LogP contribution in [0.1, 0.15) is 39.0 Å². The van der Waals surface area contributed by atoms with Crippen LogP contribution in [0.2, 0.25) is 0 Å². The van der Waals surface area contributed by atoms with Gasteiger partial charge in [0.2, 0.25) is 0 Å². The Balaban J connectivity index is 2.09. The summed E-state index contributed by atoms with van der Waals surface area (Å²) in [5, 5.41) is 0. The van der Waals surface area contributed by atoms with E-state index < -0.39 is 0 Å².